The Morgan fingerprint density at radius 3 is 2.62 bits per heavy atom. The Labute approximate surface area is 128 Å². The van der Waals surface area contributed by atoms with Gasteiger partial charge in [-0.3, -0.25) is 0 Å². The van der Waals surface area contributed by atoms with Crippen LogP contribution in [0.3, 0.4) is 0 Å². The lowest BCUT2D eigenvalue weighted by Crippen LogP contribution is -2.17. The number of hydrogen-bond acceptors (Lipinski definition) is 2. The van der Waals surface area contributed by atoms with E-state index in [-0.39, 0.29) is 17.7 Å². The number of halogens is 3. The van der Waals surface area contributed by atoms with E-state index in [2.05, 4.69) is 21.2 Å². The van der Waals surface area contributed by atoms with Gasteiger partial charge in [-0.25, -0.2) is 8.78 Å². The van der Waals surface area contributed by atoms with Crippen LogP contribution in [0.1, 0.15) is 17.4 Å². The quantitative estimate of drug-likeness (QED) is 0.734. The van der Waals surface area contributed by atoms with Crippen LogP contribution < -0.4 is 5.32 Å². The van der Waals surface area contributed by atoms with Gasteiger partial charge < -0.3 is 9.73 Å². The molecular weight excluding hydrogens is 340 g/mol. The van der Waals surface area contributed by atoms with Gasteiger partial charge in [0.05, 0.1) is 10.5 Å². The maximum atomic E-state index is 13.3. The van der Waals surface area contributed by atoms with Crippen molar-refractivity contribution in [1.29, 1.82) is 0 Å². The van der Waals surface area contributed by atoms with E-state index in [0.717, 1.165) is 5.56 Å². The van der Waals surface area contributed by atoms with Crippen LogP contribution >= 0.6 is 15.9 Å². The molecule has 0 aliphatic rings. The number of benzene rings is 2. The molecule has 0 fully saturated rings. The number of rotatable bonds is 3. The van der Waals surface area contributed by atoms with E-state index in [1.807, 2.05) is 0 Å². The van der Waals surface area contributed by atoms with Gasteiger partial charge in [0.1, 0.15) is 23.0 Å². The van der Waals surface area contributed by atoms with Crippen molar-refractivity contribution in [3.8, 4) is 0 Å². The SMILES string of the molecule is CNC(c1ccc(F)c(Br)c1)c1cc2cc(F)ccc2o1. The average Bonchev–Trinajstić information content (AvgIpc) is 2.86. The summed E-state index contributed by atoms with van der Waals surface area (Å²) in [7, 11) is 1.79. The van der Waals surface area contributed by atoms with Crippen LogP contribution in [0.2, 0.25) is 0 Å². The zero-order chi connectivity index (χ0) is 15.0. The minimum Gasteiger partial charge on any atom is -0.459 e. The van der Waals surface area contributed by atoms with Crippen LogP contribution in [0, 0.1) is 11.6 Å². The summed E-state index contributed by atoms with van der Waals surface area (Å²) in [5.74, 6) is 0.0253. The summed E-state index contributed by atoms with van der Waals surface area (Å²) in [6.07, 6.45) is 0. The Hall–Kier alpha value is -1.72. The Bertz CT molecular complexity index is 800. The molecule has 1 unspecified atom stereocenters. The Balaban J connectivity index is 2.06. The van der Waals surface area contributed by atoms with Crippen LogP contribution in [0.15, 0.2) is 51.4 Å². The summed E-state index contributed by atoms with van der Waals surface area (Å²) in [6.45, 7) is 0. The van der Waals surface area contributed by atoms with E-state index in [1.165, 1.54) is 18.2 Å². The summed E-state index contributed by atoms with van der Waals surface area (Å²) < 4.78 is 32.7. The van der Waals surface area contributed by atoms with Gasteiger partial charge in [-0.05, 0) is 64.9 Å². The number of fused-ring (bicyclic) bond motifs is 1. The lowest BCUT2D eigenvalue weighted by Gasteiger charge is -2.14. The predicted molar refractivity (Wildman–Crippen MR) is 81.2 cm³/mol. The lowest BCUT2D eigenvalue weighted by atomic mass is 10.0. The predicted octanol–water partition coefficient (Wildman–Crippen LogP) is 4.78. The molecule has 0 radical (unpaired) electrons. The minimum absolute atomic E-state index is 0.239. The molecule has 0 aliphatic heterocycles. The fourth-order valence-corrected chi connectivity index (χ4v) is 2.74. The molecule has 1 heterocycles. The standard InChI is InChI=1S/C16H12BrF2NO/c1-20-16(9-2-4-13(19)12(17)7-9)15-8-10-6-11(18)3-5-14(10)21-15/h2-8,16,20H,1H3. The molecule has 108 valence electrons. The van der Waals surface area contributed by atoms with Crippen LogP contribution in [-0.2, 0) is 0 Å². The molecule has 0 spiro atoms. The molecular formula is C16H12BrF2NO. The van der Waals surface area contributed by atoms with Crippen molar-refractivity contribution >= 4 is 26.9 Å². The molecule has 0 bridgehead atoms. The van der Waals surface area contributed by atoms with E-state index in [0.29, 0.717) is 21.2 Å². The van der Waals surface area contributed by atoms with E-state index < -0.39 is 0 Å². The summed E-state index contributed by atoms with van der Waals surface area (Å²) in [5, 5.41) is 3.83. The third-order valence-electron chi connectivity index (χ3n) is 3.35. The molecule has 1 aromatic heterocycles. The zero-order valence-corrected chi connectivity index (χ0v) is 12.7. The fraction of sp³-hybridized carbons (Fsp3) is 0.125. The van der Waals surface area contributed by atoms with Gasteiger partial charge >= 0.3 is 0 Å². The molecule has 3 rings (SSSR count). The van der Waals surface area contributed by atoms with Crippen molar-refractivity contribution in [2.45, 2.75) is 6.04 Å². The smallest absolute Gasteiger partial charge is 0.137 e. The van der Waals surface area contributed by atoms with Crippen molar-refractivity contribution in [1.82, 2.24) is 5.32 Å². The topological polar surface area (TPSA) is 25.2 Å². The number of hydrogen-bond donors (Lipinski definition) is 1. The molecule has 2 aromatic carbocycles. The van der Waals surface area contributed by atoms with Crippen molar-refractivity contribution < 1.29 is 13.2 Å². The first-order chi connectivity index (χ1) is 10.1. The van der Waals surface area contributed by atoms with E-state index in [1.54, 1.807) is 31.3 Å². The Morgan fingerprint density at radius 1 is 1.10 bits per heavy atom. The molecule has 0 saturated carbocycles. The second kappa shape index (κ2) is 5.58. The zero-order valence-electron chi connectivity index (χ0n) is 11.2. The Morgan fingerprint density at radius 2 is 1.90 bits per heavy atom. The van der Waals surface area contributed by atoms with E-state index >= 15 is 0 Å². The van der Waals surface area contributed by atoms with Gasteiger partial charge in [-0.1, -0.05) is 6.07 Å². The first-order valence-electron chi connectivity index (χ1n) is 6.39. The van der Waals surface area contributed by atoms with Crippen molar-refractivity contribution in [3.05, 3.63) is 69.9 Å². The van der Waals surface area contributed by atoms with Gasteiger partial charge in [-0.15, -0.1) is 0 Å². The van der Waals surface area contributed by atoms with Crippen LogP contribution in [-0.4, -0.2) is 7.05 Å². The monoisotopic (exact) mass is 351 g/mol. The van der Waals surface area contributed by atoms with Gasteiger partial charge in [0, 0.05) is 5.39 Å². The molecule has 2 nitrogen and oxygen atoms in total. The second-order valence-electron chi connectivity index (χ2n) is 4.73. The molecule has 1 N–H and O–H groups in total. The van der Waals surface area contributed by atoms with E-state index in [9.17, 15) is 8.78 Å². The molecule has 0 amide bonds. The second-order valence-corrected chi connectivity index (χ2v) is 5.58. The largest absolute Gasteiger partial charge is 0.459 e. The van der Waals surface area contributed by atoms with Crippen LogP contribution in [0.25, 0.3) is 11.0 Å². The van der Waals surface area contributed by atoms with Gasteiger partial charge in [0.25, 0.3) is 0 Å². The Kier molecular flexibility index (Phi) is 3.78. The van der Waals surface area contributed by atoms with Crippen molar-refractivity contribution in [3.63, 3.8) is 0 Å². The summed E-state index contributed by atoms with van der Waals surface area (Å²) in [5.41, 5.74) is 1.47. The van der Waals surface area contributed by atoms with Gasteiger partial charge in [0.2, 0.25) is 0 Å². The first kappa shape index (κ1) is 14.2. The highest BCUT2D eigenvalue weighted by molar-refractivity contribution is 9.10. The van der Waals surface area contributed by atoms with Crippen LogP contribution in [0.4, 0.5) is 8.78 Å². The fourth-order valence-electron chi connectivity index (χ4n) is 2.34. The highest BCUT2D eigenvalue weighted by atomic mass is 79.9. The number of furan rings is 1. The highest BCUT2D eigenvalue weighted by Gasteiger charge is 2.18. The minimum atomic E-state index is -0.319. The van der Waals surface area contributed by atoms with Gasteiger partial charge in [-0.2, -0.15) is 0 Å². The first-order valence-corrected chi connectivity index (χ1v) is 7.19. The third kappa shape index (κ3) is 2.71. The van der Waals surface area contributed by atoms with Crippen LogP contribution in [0.5, 0.6) is 0 Å². The third-order valence-corrected chi connectivity index (χ3v) is 3.96. The molecule has 1 atom stereocenters. The maximum Gasteiger partial charge on any atom is 0.137 e. The molecule has 5 heteroatoms. The van der Waals surface area contributed by atoms with Crippen molar-refractivity contribution in [2.24, 2.45) is 0 Å². The molecule has 3 aromatic rings. The molecule has 21 heavy (non-hydrogen) atoms. The summed E-state index contributed by atoms with van der Waals surface area (Å²) >= 11 is 3.18. The highest BCUT2D eigenvalue weighted by Crippen LogP contribution is 2.30. The molecule has 0 saturated heterocycles. The summed E-state index contributed by atoms with van der Waals surface area (Å²) in [4.78, 5) is 0. The number of nitrogens with one attached hydrogen (secondary N) is 1. The molecule has 0 aliphatic carbocycles. The lowest BCUT2D eigenvalue weighted by molar-refractivity contribution is 0.490. The normalized spacial score (nSPS) is 12.8. The van der Waals surface area contributed by atoms with Crippen molar-refractivity contribution in [2.75, 3.05) is 7.05 Å². The summed E-state index contributed by atoms with van der Waals surface area (Å²) in [6, 6.07) is 10.7. The van der Waals surface area contributed by atoms with E-state index in [4.69, 9.17) is 4.42 Å². The maximum absolute atomic E-state index is 13.3. The van der Waals surface area contributed by atoms with Gasteiger partial charge in [0.15, 0.2) is 0 Å². The average molecular weight is 352 g/mol.